The van der Waals surface area contributed by atoms with Crippen molar-refractivity contribution in [3.8, 4) is 0 Å². The first kappa shape index (κ1) is 11.7. The molecule has 17 heavy (non-hydrogen) atoms. The van der Waals surface area contributed by atoms with Crippen LogP contribution in [0.5, 0.6) is 0 Å². The highest BCUT2D eigenvalue weighted by atomic mass is 16.4. The predicted molar refractivity (Wildman–Crippen MR) is 62.3 cm³/mol. The minimum Gasteiger partial charge on any atom is -0.477 e. The zero-order chi connectivity index (χ0) is 12.7. The molecule has 0 bridgehead atoms. The fraction of sp³-hybridized carbons (Fsp3) is 0.500. The van der Waals surface area contributed by atoms with Crippen LogP contribution >= 0.6 is 0 Å². The van der Waals surface area contributed by atoms with Crippen molar-refractivity contribution in [2.45, 2.75) is 33.2 Å². The van der Waals surface area contributed by atoms with E-state index in [1.807, 2.05) is 0 Å². The van der Waals surface area contributed by atoms with E-state index in [0.29, 0.717) is 22.7 Å². The molecule has 0 aliphatic heterocycles. The molecule has 2 rings (SSSR count). The first-order chi connectivity index (χ1) is 7.91. The lowest BCUT2D eigenvalue weighted by atomic mass is 10.1. The molecule has 2 unspecified atom stereocenters. The van der Waals surface area contributed by atoms with Gasteiger partial charge < -0.3 is 15.4 Å². The third-order valence-electron chi connectivity index (χ3n) is 3.30. The molecule has 0 aromatic carbocycles. The van der Waals surface area contributed by atoms with Crippen LogP contribution in [0.3, 0.4) is 0 Å². The van der Waals surface area contributed by atoms with Crippen molar-refractivity contribution in [1.29, 1.82) is 0 Å². The van der Waals surface area contributed by atoms with E-state index in [9.17, 15) is 9.59 Å². The zero-order valence-corrected chi connectivity index (χ0v) is 10.1. The number of amides is 1. The number of hydrogen-bond donors (Lipinski definition) is 3. The number of aryl methyl sites for hydroxylation is 1. The van der Waals surface area contributed by atoms with Crippen molar-refractivity contribution in [3.63, 3.8) is 0 Å². The third-order valence-corrected chi connectivity index (χ3v) is 3.30. The molecule has 1 aromatic heterocycles. The first-order valence-corrected chi connectivity index (χ1v) is 5.65. The standard InChI is InChI=1S/C12H16N2O3/c1-5-4-8(5)14-11(15)9-6(2)10(12(16)17)13-7(9)3/h5,8,13H,4H2,1-3H3,(H,14,15)(H,16,17). The highest BCUT2D eigenvalue weighted by Gasteiger charge is 2.35. The van der Waals surface area contributed by atoms with E-state index in [2.05, 4.69) is 17.2 Å². The molecule has 2 atom stereocenters. The summed E-state index contributed by atoms with van der Waals surface area (Å²) >= 11 is 0. The van der Waals surface area contributed by atoms with E-state index in [1.54, 1.807) is 13.8 Å². The molecule has 1 aliphatic carbocycles. The monoisotopic (exact) mass is 236 g/mol. The van der Waals surface area contributed by atoms with Crippen molar-refractivity contribution >= 4 is 11.9 Å². The number of carbonyl (C=O) groups is 2. The molecule has 5 nitrogen and oxygen atoms in total. The Balaban J connectivity index is 2.25. The summed E-state index contributed by atoms with van der Waals surface area (Å²) in [7, 11) is 0. The van der Waals surface area contributed by atoms with E-state index in [-0.39, 0.29) is 17.6 Å². The van der Waals surface area contributed by atoms with Gasteiger partial charge in [-0.1, -0.05) is 6.92 Å². The molecule has 1 saturated carbocycles. The van der Waals surface area contributed by atoms with Crippen LogP contribution in [0.1, 0.15) is 45.4 Å². The van der Waals surface area contributed by atoms with Gasteiger partial charge in [0.1, 0.15) is 5.69 Å². The Hall–Kier alpha value is -1.78. The Kier molecular flexibility index (Phi) is 2.69. The number of nitrogens with one attached hydrogen (secondary N) is 2. The number of hydrogen-bond acceptors (Lipinski definition) is 2. The second kappa shape index (κ2) is 3.91. The van der Waals surface area contributed by atoms with Crippen molar-refractivity contribution in [1.82, 2.24) is 10.3 Å². The predicted octanol–water partition coefficient (Wildman–Crippen LogP) is 1.47. The number of rotatable bonds is 3. The third kappa shape index (κ3) is 2.05. The van der Waals surface area contributed by atoms with Crippen molar-refractivity contribution in [3.05, 3.63) is 22.5 Å². The summed E-state index contributed by atoms with van der Waals surface area (Å²) in [6, 6.07) is 0.240. The second-order valence-corrected chi connectivity index (χ2v) is 4.72. The quantitative estimate of drug-likeness (QED) is 0.743. The van der Waals surface area contributed by atoms with Crippen molar-refractivity contribution in [2.24, 2.45) is 5.92 Å². The number of carboxylic acids is 1. The Morgan fingerprint density at radius 2 is 2.00 bits per heavy atom. The van der Waals surface area contributed by atoms with Crippen LogP contribution in [0.2, 0.25) is 0 Å². The fourth-order valence-corrected chi connectivity index (χ4v) is 2.07. The number of carboxylic acid groups (broad SMARTS) is 1. The molecule has 1 fully saturated rings. The Morgan fingerprint density at radius 3 is 2.41 bits per heavy atom. The van der Waals surface area contributed by atoms with Crippen LogP contribution in [0.15, 0.2) is 0 Å². The van der Waals surface area contributed by atoms with E-state index in [1.165, 1.54) is 0 Å². The summed E-state index contributed by atoms with van der Waals surface area (Å²) in [4.78, 5) is 25.7. The van der Waals surface area contributed by atoms with Crippen LogP contribution in [-0.2, 0) is 0 Å². The number of aromatic carboxylic acids is 1. The lowest BCUT2D eigenvalue weighted by Gasteiger charge is -2.04. The van der Waals surface area contributed by atoms with Crippen LogP contribution in [0.4, 0.5) is 0 Å². The number of aromatic nitrogens is 1. The van der Waals surface area contributed by atoms with E-state index in [0.717, 1.165) is 6.42 Å². The van der Waals surface area contributed by atoms with Crippen LogP contribution < -0.4 is 5.32 Å². The summed E-state index contributed by atoms with van der Waals surface area (Å²) in [6.45, 7) is 5.44. The molecule has 1 aromatic rings. The SMILES string of the molecule is Cc1[nH]c(C(=O)O)c(C)c1C(=O)NC1CC1C. The Labute approximate surface area is 99.2 Å². The zero-order valence-electron chi connectivity index (χ0n) is 10.1. The van der Waals surface area contributed by atoms with Gasteiger partial charge in [0.15, 0.2) is 0 Å². The van der Waals surface area contributed by atoms with E-state index in [4.69, 9.17) is 5.11 Å². The lowest BCUT2D eigenvalue weighted by Crippen LogP contribution is -2.27. The smallest absolute Gasteiger partial charge is 0.352 e. The minimum atomic E-state index is -1.04. The molecule has 3 N–H and O–H groups in total. The van der Waals surface area contributed by atoms with Gasteiger partial charge in [-0.25, -0.2) is 4.79 Å². The first-order valence-electron chi connectivity index (χ1n) is 5.65. The molecule has 0 spiro atoms. The normalized spacial score (nSPS) is 22.3. The van der Waals surface area contributed by atoms with Gasteiger partial charge in [-0.3, -0.25) is 4.79 Å². The maximum atomic E-state index is 12.0. The second-order valence-electron chi connectivity index (χ2n) is 4.72. The van der Waals surface area contributed by atoms with Crippen LogP contribution in [-0.4, -0.2) is 28.0 Å². The molecule has 0 saturated heterocycles. The van der Waals surface area contributed by atoms with E-state index < -0.39 is 5.97 Å². The van der Waals surface area contributed by atoms with Gasteiger partial charge in [0.05, 0.1) is 5.56 Å². The molecule has 1 aliphatic rings. The number of carbonyl (C=O) groups excluding carboxylic acids is 1. The van der Waals surface area contributed by atoms with Gasteiger partial charge >= 0.3 is 5.97 Å². The summed E-state index contributed by atoms with van der Waals surface area (Å²) in [5.74, 6) is -0.694. The van der Waals surface area contributed by atoms with Crippen LogP contribution in [0, 0.1) is 19.8 Å². The minimum absolute atomic E-state index is 0.0940. The van der Waals surface area contributed by atoms with Gasteiger partial charge in [0.25, 0.3) is 5.91 Å². The molecule has 5 heteroatoms. The van der Waals surface area contributed by atoms with Gasteiger partial charge in [-0.05, 0) is 31.7 Å². The Bertz CT molecular complexity index is 490. The summed E-state index contributed by atoms with van der Waals surface area (Å²) in [6.07, 6.45) is 1.00. The van der Waals surface area contributed by atoms with Gasteiger partial charge in [0.2, 0.25) is 0 Å². The Morgan fingerprint density at radius 1 is 1.41 bits per heavy atom. The summed E-state index contributed by atoms with van der Waals surface area (Å²) in [5.41, 5.74) is 1.66. The lowest BCUT2D eigenvalue weighted by molar-refractivity contribution is 0.0690. The highest BCUT2D eigenvalue weighted by Crippen LogP contribution is 2.30. The summed E-state index contributed by atoms with van der Waals surface area (Å²) < 4.78 is 0. The molecule has 1 amide bonds. The number of aromatic amines is 1. The fourth-order valence-electron chi connectivity index (χ4n) is 2.07. The summed E-state index contributed by atoms with van der Waals surface area (Å²) in [5, 5.41) is 11.9. The van der Waals surface area contributed by atoms with Gasteiger partial charge in [-0.15, -0.1) is 0 Å². The van der Waals surface area contributed by atoms with E-state index >= 15 is 0 Å². The average molecular weight is 236 g/mol. The maximum absolute atomic E-state index is 12.0. The van der Waals surface area contributed by atoms with Crippen molar-refractivity contribution in [2.75, 3.05) is 0 Å². The molecule has 0 radical (unpaired) electrons. The highest BCUT2D eigenvalue weighted by molar-refractivity contribution is 6.01. The largest absolute Gasteiger partial charge is 0.477 e. The van der Waals surface area contributed by atoms with Gasteiger partial charge in [-0.2, -0.15) is 0 Å². The maximum Gasteiger partial charge on any atom is 0.352 e. The van der Waals surface area contributed by atoms with Gasteiger partial charge in [0, 0.05) is 11.7 Å². The molecular weight excluding hydrogens is 220 g/mol. The van der Waals surface area contributed by atoms with Crippen LogP contribution in [0.25, 0.3) is 0 Å². The van der Waals surface area contributed by atoms with Crippen molar-refractivity contribution < 1.29 is 14.7 Å². The average Bonchev–Trinajstić information content (AvgIpc) is 2.79. The molecular formula is C12H16N2O3. The topological polar surface area (TPSA) is 82.2 Å². The number of H-pyrrole nitrogens is 1. The molecule has 92 valence electrons. The molecule has 1 heterocycles.